The van der Waals surface area contributed by atoms with Gasteiger partial charge >= 0.3 is 5.97 Å². The van der Waals surface area contributed by atoms with Crippen molar-refractivity contribution in [2.75, 3.05) is 11.9 Å². The molecule has 7 nitrogen and oxygen atoms in total. The van der Waals surface area contributed by atoms with E-state index < -0.39 is 51.1 Å². The third-order valence-electron chi connectivity index (χ3n) is 3.30. The summed E-state index contributed by atoms with van der Waals surface area (Å²) in [6.07, 6.45) is -1.27. The molecule has 1 atom stereocenters. The lowest BCUT2D eigenvalue weighted by atomic mass is 10.3. The summed E-state index contributed by atoms with van der Waals surface area (Å²) in [5.41, 5.74) is 0.170. The number of anilines is 1. The van der Waals surface area contributed by atoms with Crippen molar-refractivity contribution in [3.05, 3.63) is 60.2 Å². The van der Waals surface area contributed by atoms with Crippen LogP contribution in [0.25, 0.3) is 0 Å². The van der Waals surface area contributed by atoms with Crippen LogP contribution in [0.15, 0.2) is 53.4 Å². The molecule has 2 N–H and O–H groups in total. The van der Waals surface area contributed by atoms with Crippen molar-refractivity contribution in [2.45, 2.75) is 17.9 Å². The van der Waals surface area contributed by atoms with E-state index in [0.29, 0.717) is 0 Å². The third kappa shape index (κ3) is 5.83. The Hall–Kier alpha value is -2.85. The molecule has 27 heavy (non-hydrogen) atoms. The summed E-state index contributed by atoms with van der Waals surface area (Å²) in [7, 11) is -4.26. The minimum Gasteiger partial charge on any atom is -0.452 e. The zero-order valence-electron chi connectivity index (χ0n) is 14.1. The lowest BCUT2D eigenvalue weighted by molar-refractivity contribution is -0.151. The number of carbonyl (C=O) groups excluding carboxylic acids is 2. The molecule has 0 bridgehead atoms. The van der Waals surface area contributed by atoms with Crippen LogP contribution in [-0.2, 0) is 24.3 Å². The second-order valence-electron chi connectivity index (χ2n) is 5.39. The number of nitrogens with one attached hydrogen (secondary N) is 2. The predicted molar refractivity (Wildman–Crippen MR) is 92.2 cm³/mol. The molecule has 144 valence electrons. The molecule has 2 rings (SSSR count). The smallest absolute Gasteiger partial charge is 0.321 e. The first kappa shape index (κ1) is 20.5. The molecule has 2 aromatic rings. The van der Waals surface area contributed by atoms with Crippen LogP contribution in [0.4, 0.5) is 14.5 Å². The number of benzene rings is 2. The van der Waals surface area contributed by atoms with E-state index in [9.17, 15) is 26.8 Å². The minimum absolute atomic E-state index is 0.170. The van der Waals surface area contributed by atoms with Gasteiger partial charge in [-0.2, -0.15) is 4.72 Å². The van der Waals surface area contributed by atoms with E-state index in [2.05, 4.69) is 5.32 Å². The number of ether oxygens (including phenoxy) is 1. The molecule has 0 unspecified atom stereocenters. The number of sulfonamides is 1. The molecule has 0 aliphatic rings. The number of esters is 1. The molecule has 10 heteroatoms. The first-order valence-electron chi connectivity index (χ1n) is 7.69. The van der Waals surface area contributed by atoms with Crippen molar-refractivity contribution in [2.24, 2.45) is 0 Å². The molecule has 0 saturated heterocycles. The maximum absolute atomic E-state index is 13.5. The molecule has 0 saturated carbocycles. The van der Waals surface area contributed by atoms with Crippen LogP contribution in [0.5, 0.6) is 0 Å². The van der Waals surface area contributed by atoms with E-state index >= 15 is 0 Å². The maximum atomic E-state index is 13.5. The quantitative estimate of drug-likeness (QED) is 0.693. The highest BCUT2D eigenvalue weighted by Crippen LogP contribution is 2.13. The van der Waals surface area contributed by atoms with E-state index in [1.54, 1.807) is 0 Å². The third-order valence-corrected chi connectivity index (χ3v) is 4.74. The molecular formula is C17H16F2N2O5S. The van der Waals surface area contributed by atoms with Gasteiger partial charge in [0.25, 0.3) is 5.91 Å². The fraction of sp³-hybridized carbons (Fsp3) is 0.176. The number of amides is 1. The standard InChI is InChI=1S/C17H16F2N2O5S/c1-11(17(23)21-13-6-4-5-12(18)9-13)26-16(22)10-20-27(24,25)15-8-3-2-7-14(15)19/h2-9,11,20H,10H2,1H3,(H,21,23)/t11-/m1/s1. The molecule has 0 spiro atoms. The van der Waals surface area contributed by atoms with Gasteiger partial charge in [0.15, 0.2) is 6.10 Å². The topological polar surface area (TPSA) is 102 Å². The Morgan fingerprint density at radius 2 is 1.81 bits per heavy atom. The SMILES string of the molecule is C[C@@H](OC(=O)CNS(=O)(=O)c1ccccc1F)C(=O)Nc1cccc(F)c1. The molecule has 0 aromatic heterocycles. The van der Waals surface area contributed by atoms with Crippen molar-refractivity contribution >= 4 is 27.6 Å². The van der Waals surface area contributed by atoms with Crippen LogP contribution in [0.2, 0.25) is 0 Å². The van der Waals surface area contributed by atoms with E-state index in [1.807, 2.05) is 4.72 Å². The Balaban J connectivity index is 1.89. The highest BCUT2D eigenvalue weighted by atomic mass is 32.2. The summed E-state index contributed by atoms with van der Waals surface area (Å²) < 4.78 is 57.3. The van der Waals surface area contributed by atoms with Gasteiger partial charge in [-0.1, -0.05) is 18.2 Å². The Bertz CT molecular complexity index is 950. The summed E-state index contributed by atoms with van der Waals surface area (Å²) in [5, 5.41) is 2.35. The molecule has 0 fully saturated rings. The van der Waals surface area contributed by atoms with Crippen molar-refractivity contribution < 1.29 is 31.5 Å². The number of halogens is 2. The van der Waals surface area contributed by atoms with Gasteiger partial charge in [0.1, 0.15) is 23.1 Å². The second kappa shape index (κ2) is 8.69. The van der Waals surface area contributed by atoms with Gasteiger partial charge in [0.05, 0.1) is 0 Å². The normalized spacial score (nSPS) is 12.3. The summed E-state index contributed by atoms with van der Waals surface area (Å²) in [6, 6.07) is 9.76. The van der Waals surface area contributed by atoms with Crippen LogP contribution in [0.1, 0.15) is 6.92 Å². The van der Waals surface area contributed by atoms with Crippen LogP contribution in [-0.4, -0.2) is 32.9 Å². The van der Waals surface area contributed by atoms with E-state index in [4.69, 9.17) is 4.74 Å². The number of hydrogen-bond acceptors (Lipinski definition) is 5. The zero-order valence-corrected chi connectivity index (χ0v) is 14.9. The largest absolute Gasteiger partial charge is 0.452 e. The van der Waals surface area contributed by atoms with Gasteiger partial charge in [-0.05, 0) is 37.3 Å². The molecule has 0 heterocycles. The lowest BCUT2D eigenvalue weighted by Crippen LogP contribution is -2.36. The van der Waals surface area contributed by atoms with Crippen molar-refractivity contribution in [1.29, 1.82) is 0 Å². The fourth-order valence-electron chi connectivity index (χ4n) is 2.00. The summed E-state index contributed by atoms with van der Waals surface area (Å²) in [5.74, 6) is -3.30. The van der Waals surface area contributed by atoms with E-state index in [0.717, 1.165) is 18.2 Å². The first-order chi connectivity index (χ1) is 12.7. The van der Waals surface area contributed by atoms with Gasteiger partial charge in [-0.25, -0.2) is 17.2 Å². The Labute approximate surface area is 154 Å². The van der Waals surface area contributed by atoms with Crippen LogP contribution in [0.3, 0.4) is 0 Å². The van der Waals surface area contributed by atoms with Crippen molar-refractivity contribution in [3.8, 4) is 0 Å². The molecule has 0 radical (unpaired) electrons. The van der Waals surface area contributed by atoms with Crippen molar-refractivity contribution in [1.82, 2.24) is 4.72 Å². The van der Waals surface area contributed by atoms with Gasteiger partial charge in [0, 0.05) is 5.69 Å². The van der Waals surface area contributed by atoms with Gasteiger partial charge in [-0.3, -0.25) is 9.59 Å². The fourth-order valence-corrected chi connectivity index (χ4v) is 3.04. The maximum Gasteiger partial charge on any atom is 0.321 e. The molecule has 0 aliphatic carbocycles. The number of rotatable bonds is 7. The Kier molecular flexibility index (Phi) is 6.59. The molecule has 1 amide bonds. The first-order valence-corrected chi connectivity index (χ1v) is 9.17. The van der Waals surface area contributed by atoms with Gasteiger partial charge in [-0.15, -0.1) is 0 Å². The number of hydrogen-bond donors (Lipinski definition) is 2. The Morgan fingerprint density at radius 1 is 1.11 bits per heavy atom. The highest BCUT2D eigenvalue weighted by Gasteiger charge is 2.22. The minimum atomic E-state index is -4.26. The zero-order chi connectivity index (χ0) is 20.0. The monoisotopic (exact) mass is 398 g/mol. The summed E-state index contributed by atoms with van der Waals surface area (Å²) in [4.78, 5) is 23.1. The van der Waals surface area contributed by atoms with Gasteiger partial charge in [0.2, 0.25) is 10.0 Å². The van der Waals surface area contributed by atoms with Crippen molar-refractivity contribution in [3.63, 3.8) is 0 Å². The average Bonchev–Trinajstić information content (AvgIpc) is 2.60. The highest BCUT2D eigenvalue weighted by molar-refractivity contribution is 7.89. The average molecular weight is 398 g/mol. The molecule has 2 aromatic carbocycles. The van der Waals surface area contributed by atoms with Crippen LogP contribution >= 0.6 is 0 Å². The van der Waals surface area contributed by atoms with Crippen LogP contribution in [0, 0.1) is 11.6 Å². The molecular weight excluding hydrogens is 382 g/mol. The van der Waals surface area contributed by atoms with E-state index in [-0.39, 0.29) is 5.69 Å². The van der Waals surface area contributed by atoms with Gasteiger partial charge < -0.3 is 10.1 Å². The Morgan fingerprint density at radius 3 is 2.48 bits per heavy atom. The predicted octanol–water partition coefficient (Wildman–Crippen LogP) is 1.81. The second-order valence-corrected chi connectivity index (χ2v) is 7.12. The summed E-state index contributed by atoms with van der Waals surface area (Å²) in [6.45, 7) is 0.464. The van der Waals surface area contributed by atoms with Crippen LogP contribution < -0.4 is 10.0 Å². The summed E-state index contributed by atoms with van der Waals surface area (Å²) >= 11 is 0. The molecule has 0 aliphatic heterocycles. The lowest BCUT2D eigenvalue weighted by Gasteiger charge is -2.14. The number of carbonyl (C=O) groups is 2. The van der Waals surface area contributed by atoms with E-state index in [1.165, 1.54) is 37.3 Å².